The van der Waals surface area contributed by atoms with Crippen molar-refractivity contribution in [3.63, 3.8) is 0 Å². The zero-order valence-electron chi connectivity index (χ0n) is 22.7. The molecule has 2 saturated heterocycles. The van der Waals surface area contributed by atoms with E-state index in [1.807, 2.05) is 14.0 Å². The first kappa shape index (κ1) is 27.0. The molecular formula is C29H43FN4O. The standard InChI is InChI=1S/C29H43FN4O/c1-9-20(3)11-12-24(31-8)22(5)28-27(23(30)10-2)25(33-14-13-29(6,7)19-33)17-26(32-28)34-15-16-35-18-21(34)4/h10-12,17,21,31H,2,9,13-16,18-19H2,1,3-8H3/b20-11+,24-12-,27-23+,28-22-. The zero-order valence-corrected chi connectivity index (χ0v) is 22.7. The van der Waals surface area contributed by atoms with Crippen LogP contribution in [0.15, 0.2) is 42.1 Å². The Kier molecular flexibility index (Phi) is 8.81. The molecule has 1 atom stereocenters. The Labute approximate surface area is 210 Å². The first-order chi connectivity index (χ1) is 16.6. The number of ether oxygens (including phenoxy) is 1. The van der Waals surface area contributed by atoms with Crippen molar-refractivity contribution >= 4 is 22.9 Å². The molecule has 6 heteroatoms. The number of allylic oxidation sites excluding steroid dienone is 5. The number of aromatic nitrogens is 1. The highest BCUT2D eigenvalue weighted by molar-refractivity contribution is 5.69. The van der Waals surface area contributed by atoms with Gasteiger partial charge in [-0.15, -0.1) is 0 Å². The van der Waals surface area contributed by atoms with Crippen molar-refractivity contribution in [2.24, 2.45) is 5.41 Å². The Morgan fingerprint density at radius 1 is 1.31 bits per heavy atom. The van der Waals surface area contributed by atoms with E-state index in [0.29, 0.717) is 23.8 Å². The number of hydrogen-bond donors (Lipinski definition) is 1. The zero-order chi connectivity index (χ0) is 25.8. The fourth-order valence-corrected chi connectivity index (χ4v) is 4.78. The summed E-state index contributed by atoms with van der Waals surface area (Å²) in [7, 11) is 1.90. The number of hydrogen-bond acceptors (Lipinski definition) is 5. The normalized spacial score (nSPS) is 22.8. The fourth-order valence-electron chi connectivity index (χ4n) is 4.78. The van der Waals surface area contributed by atoms with Gasteiger partial charge in [-0.3, -0.25) is 0 Å². The molecule has 0 aromatic carbocycles. The summed E-state index contributed by atoms with van der Waals surface area (Å²) in [5, 5.41) is 4.49. The van der Waals surface area contributed by atoms with E-state index in [4.69, 9.17) is 9.72 Å². The molecule has 5 nitrogen and oxygen atoms in total. The second kappa shape index (κ2) is 11.4. The second-order valence-electron chi connectivity index (χ2n) is 10.6. The van der Waals surface area contributed by atoms with E-state index in [1.165, 1.54) is 11.6 Å². The number of pyridine rings is 1. The molecule has 1 aromatic heterocycles. The van der Waals surface area contributed by atoms with Gasteiger partial charge in [-0.2, -0.15) is 0 Å². The molecule has 3 heterocycles. The molecule has 0 amide bonds. The summed E-state index contributed by atoms with van der Waals surface area (Å²) < 4.78 is 21.3. The third-order valence-electron chi connectivity index (χ3n) is 7.20. The average Bonchev–Trinajstić information content (AvgIpc) is 3.22. The molecule has 0 saturated carbocycles. The van der Waals surface area contributed by atoms with Crippen molar-refractivity contribution in [2.45, 2.75) is 60.4 Å². The Balaban J connectivity index is 2.38. The molecule has 1 N–H and O–H groups in total. The molecule has 3 rings (SSSR count). The molecule has 2 fully saturated rings. The number of halogens is 1. The lowest BCUT2D eigenvalue weighted by Crippen LogP contribution is -2.47. The van der Waals surface area contributed by atoms with Gasteiger partial charge in [0.2, 0.25) is 0 Å². The molecule has 0 bridgehead atoms. The second-order valence-corrected chi connectivity index (χ2v) is 10.6. The molecule has 1 unspecified atom stereocenters. The number of nitrogens with one attached hydrogen (secondary N) is 1. The summed E-state index contributed by atoms with van der Waals surface area (Å²) in [6.07, 6.45) is 7.52. The lowest BCUT2D eigenvalue weighted by molar-refractivity contribution is 0.0985. The number of anilines is 2. The van der Waals surface area contributed by atoms with Crippen molar-refractivity contribution in [3.05, 3.63) is 52.7 Å². The number of morpholine rings is 1. The minimum Gasteiger partial charge on any atom is -0.388 e. The Hall–Kier alpha value is -2.60. The lowest BCUT2D eigenvalue weighted by Gasteiger charge is -2.35. The highest BCUT2D eigenvalue weighted by Crippen LogP contribution is 2.32. The van der Waals surface area contributed by atoms with Gasteiger partial charge in [0.05, 0.1) is 35.5 Å². The van der Waals surface area contributed by atoms with Crippen LogP contribution in [0.25, 0.3) is 11.4 Å². The SMILES string of the molecule is C=C/C(F)=c1/c(N2CCC(C)(C)C2)cc(N2CCOCC2C)n/c1=C(C)\C(=C\C=C(/C)CC)NC. The maximum absolute atomic E-state index is 15.6. The molecule has 192 valence electrons. The number of rotatable bonds is 7. The van der Waals surface area contributed by atoms with Crippen LogP contribution in [0.3, 0.4) is 0 Å². The maximum Gasteiger partial charge on any atom is 0.134 e. The van der Waals surface area contributed by atoms with Gasteiger partial charge in [0.1, 0.15) is 11.6 Å². The van der Waals surface area contributed by atoms with E-state index in [2.05, 4.69) is 74.5 Å². The van der Waals surface area contributed by atoms with Gasteiger partial charge in [-0.1, -0.05) is 39.0 Å². The summed E-state index contributed by atoms with van der Waals surface area (Å²) in [6.45, 7) is 20.6. The topological polar surface area (TPSA) is 40.6 Å². The third-order valence-corrected chi connectivity index (χ3v) is 7.20. The van der Waals surface area contributed by atoms with Crippen LogP contribution in [0.4, 0.5) is 15.9 Å². The molecule has 35 heavy (non-hydrogen) atoms. The van der Waals surface area contributed by atoms with E-state index >= 15 is 4.39 Å². The third kappa shape index (κ3) is 6.16. The van der Waals surface area contributed by atoms with E-state index in [1.54, 1.807) is 0 Å². The molecule has 2 aliphatic heterocycles. The van der Waals surface area contributed by atoms with Crippen LogP contribution in [-0.4, -0.2) is 50.9 Å². The van der Waals surface area contributed by atoms with Crippen molar-refractivity contribution in [2.75, 3.05) is 49.7 Å². The van der Waals surface area contributed by atoms with E-state index in [9.17, 15) is 0 Å². The van der Waals surface area contributed by atoms with Crippen molar-refractivity contribution in [1.29, 1.82) is 0 Å². The monoisotopic (exact) mass is 482 g/mol. The van der Waals surface area contributed by atoms with Crippen LogP contribution in [0.5, 0.6) is 0 Å². The molecular weight excluding hydrogens is 439 g/mol. The highest BCUT2D eigenvalue weighted by atomic mass is 19.1. The summed E-state index contributed by atoms with van der Waals surface area (Å²) >= 11 is 0. The first-order valence-corrected chi connectivity index (χ1v) is 12.8. The molecule has 2 aliphatic rings. The van der Waals surface area contributed by atoms with Crippen LogP contribution in [0, 0.1) is 5.41 Å². The predicted molar refractivity (Wildman–Crippen MR) is 147 cm³/mol. The smallest absolute Gasteiger partial charge is 0.134 e. The maximum atomic E-state index is 15.6. The Morgan fingerprint density at radius 2 is 2.06 bits per heavy atom. The van der Waals surface area contributed by atoms with E-state index < -0.39 is 0 Å². The summed E-state index contributed by atoms with van der Waals surface area (Å²) in [4.78, 5) is 9.69. The molecule has 0 radical (unpaired) electrons. The molecule has 0 aliphatic carbocycles. The van der Waals surface area contributed by atoms with Crippen molar-refractivity contribution in [3.8, 4) is 0 Å². The van der Waals surface area contributed by atoms with Gasteiger partial charge in [-0.25, -0.2) is 9.37 Å². The van der Waals surface area contributed by atoms with Gasteiger partial charge in [0.15, 0.2) is 0 Å². The van der Waals surface area contributed by atoms with Crippen LogP contribution >= 0.6 is 0 Å². The molecule has 0 spiro atoms. The number of nitrogens with zero attached hydrogens (tertiary/aromatic N) is 3. The van der Waals surface area contributed by atoms with Gasteiger partial charge >= 0.3 is 0 Å². The van der Waals surface area contributed by atoms with Gasteiger partial charge in [0, 0.05) is 38.4 Å². The van der Waals surface area contributed by atoms with Crippen molar-refractivity contribution < 1.29 is 9.13 Å². The van der Waals surface area contributed by atoms with E-state index in [-0.39, 0.29) is 17.3 Å². The van der Waals surface area contributed by atoms with Crippen LogP contribution < -0.4 is 25.7 Å². The Bertz CT molecular complexity index is 1120. The average molecular weight is 483 g/mol. The van der Waals surface area contributed by atoms with Crippen molar-refractivity contribution in [1.82, 2.24) is 10.3 Å². The largest absolute Gasteiger partial charge is 0.388 e. The van der Waals surface area contributed by atoms with E-state index in [0.717, 1.165) is 55.3 Å². The summed E-state index contributed by atoms with van der Waals surface area (Å²) in [5.74, 6) is 0.523. The van der Waals surface area contributed by atoms with Crippen LogP contribution in [-0.2, 0) is 4.74 Å². The summed E-state index contributed by atoms with van der Waals surface area (Å²) in [6, 6.07) is 2.27. The van der Waals surface area contributed by atoms with Crippen LogP contribution in [0.1, 0.15) is 54.4 Å². The Morgan fingerprint density at radius 3 is 2.63 bits per heavy atom. The predicted octanol–water partition coefficient (Wildman–Crippen LogP) is 4.44. The summed E-state index contributed by atoms with van der Waals surface area (Å²) in [5.41, 5.74) is 4.17. The minimum absolute atomic E-state index is 0.176. The first-order valence-electron chi connectivity index (χ1n) is 12.8. The van der Waals surface area contributed by atoms with Gasteiger partial charge < -0.3 is 19.9 Å². The quantitative estimate of drug-likeness (QED) is 0.582. The fraction of sp³-hybridized carbons (Fsp3) is 0.552. The lowest BCUT2D eigenvalue weighted by atomic mass is 9.93. The highest BCUT2D eigenvalue weighted by Gasteiger charge is 2.31. The van der Waals surface area contributed by atoms with Gasteiger partial charge in [0.25, 0.3) is 0 Å². The van der Waals surface area contributed by atoms with Crippen LogP contribution in [0.2, 0.25) is 0 Å². The van der Waals surface area contributed by atoms with Gasteiger partial charge in [-0.05, 0) is 56.8 Å². The molecule has 1 aromatic rings. The minimum atomic E-state index is -0.344.